The summed E-state index contributed by atoms with van der Waals surface area (Å²) >= 11 is 0. The Morgan fingerprint density at radius 3 is 2.70 bits per heavy atom. The number of hydrogen-bond donors (Lipinski definition) is 2. The van der Waals surface area contributed by atoms with Gasteiger partial charge in [0.25, 0.3) is 11.5 Å². The summed E-state index contributed by atoms with van der Waals surface area (Å²) in [6.07, 6.45) is 2.72. The van der Waals surface area contributed by atoms with E-state index in [1.165, 1.54) is 0 Å². The Kier molecular flexibility index (Phi) is 3.83. The topological polar surface area (TPSA) is 86.0 Å². The maximum absolute atomic E-state index is 12.5. The van der Waals surface area contributed by atoms with Gasteiger partial charge in [-0.3, -0.25) is 14.6 Å². The van der Waals surface area contributed by atoms with Crippen molar-refractivity contribution in [1.82, 2.24) is 14.9 Å². The Bertz CT molecular complexity index is 586. The van der Waals surface area contributed by atoms with Crippen molar-refractivity contribution in [2.24, 2.45) is 5.41 Å². The summed E-state index contributed by atoms with van der Waals surface area (Å²) in [4.78, 5) is 41.3. The average molecular weight is 279 g/mol. The van der Waals surface area contributed by atoms with Crippen LogP contribution in [0.2, 0.25) is 0 Å². The first kappa shape index (κ1) is 14.6. The number of hydrogen-bond acceptors (Lipinski definition) is 3. The van der Waals surface area contributed by atoms with E-state index in [4.69, 9.17) is 0 Å². The van der Waals surface area contributed by atoms with E-state index >= 15 is 0 Å². The number of rotatable bonds is 2. The van der Waals surface area contributed by atoms with Crippen LogP contribution in [0.5, 0.6) is 0 Å². The van der Waals surface area contributed by atoms with Gasteiger partial charge in [0.1, 0.15) is 5.69 Å². The summed E-state index contributed by atoms with van der Waals surface area (Å²) in [5, 5.41) is 0. The summed E-state index contributed by atoms with van der Waals surface area (Å²) in [6, 6.07) is 1.30. The van der Waals surface area contributed by atoms with Crippen LogP contribution < -0.4 is 11.2 Å². The quantitative estimate of drug-likeness (QED) is 0.850. The van der Waals surface area contributed by atoms with E-state index in [0.29, 0.717) is 6.54 Å². The highest BCUT2D eigenvalue weighted by molar-refractivity contribution is 5.92. The second-order valence-electron chi connectivity index (χ2n) is 6.18. The van der Waals surface area contributed by atoms with Crippen LogP contribution in [0.1, 0.15) is 50.5 Å². The lowest BCUT2D eigenvalue weighted by Gasteiger charge is -2.43. The third-order valence-corrected chi connectivity index (χ3v) is 3.98. The van der Waals surface area contributed by atoms with Gasteiger partial charge in [-0.2, -0.15) is 0 Å². The van der Waals surface area contributed by atoms with E-state index in [0.717, 1.165) is 25.3 Å². The van der Waals surface area contributed by atoms with E-state index in [1.807, 2.05) is 6.92 Å². The summed E-state index contributed by atoms with van der Waals surface area (Å²) < 4.78 is 0. The van der Waals surface area contributed by atoms with Crippen LogP contribution in [0.25, 0.3) is 0 Å². The fourth-order valence-electron chi connectivity index (χ4n) is 2.83. The van der Waals surface area contributed by atoms with Gasteiger partial charge in [0, 0.05) is 18.7 Å². The molecule has 0 bridgehead atoms. The first-order valence-electron chi connectivity index (χ1n) is 6.97. The van der Waals surface area contributed by atoms with E-state index in [-0.39, 0.29) is 23.1 Å². The zero-order valence-corrected chi connectivity index (χ0v) is 12.2. The number of nitrogens with zero attached hydrogens (tertiary/aromatic N) is 1. The lowest BCUT2D eigenvalue weighted by molar-refractivity contribution is 0.0421. The molecule has 20 heavy (non-hydrogen) atoms. The molecule has 0 aromatic carbocycles. The lowest BCUT2D eigenvalue weighted by atomic mass is 9.78. The SMILES string of the molecule is CC[C@H]1CC(C)(C)CCN1C(=O)c1cc(=O)[nH]c(=O)[nH]1. The van der Waals surface area contributed by atoms with Gasteiger partial charge in [0.05, 0.1) is 0 Å². The van der Waals surface area contributed by atoms with Gasteiger partial charge in [0.15, 0.2) is 0 Å². The molecule has 0 saturated carbocycles. The van der Waals surface area contributed by atoms with Crippen LogP contribution in [0.15, 0.2) is 15.7 Å². The molecule has 0 spiro atoms. The molecule has 1 aliphatic rings. The molecule has 1 saturated heterocycles. The zero-order chi connectivity index (χ0) is 14.9. The van der Waals surface area contributed by atoms with E-state index in [9.17, 15) is 14.4 Å². The maximum Gasteiger partial charge on any atom is 0.326 e. The molecule has 1 aliphatic heterocycles. The standard InChI is InChI=1S/C14H21N3O3/c1-4-9-8-14(2,3)5-6-17(9)12(19)10-7-11(18)16-13(20)15-10/h7,9H,4-6,8H2,1-3H3,(H2,15,16,18,20)/t9-/m0/s1. The largest absolute Gasteiger partial charge is 0.334 e. The van der Waals surface area contributed by atoms with Crippen molar-refractivity contribution in [3.8, 4) is 0 Å². The highest BCUT2D eigenvalue weighted by Crippen LogP contribution is 2.35. The highest BCUT2D eigenvalue weighted by atomic mass is 16.2. The Hall–Kier alpha value is -1.85. The second kappa shape index (κ2) is 5.26. The number of aromatic nitrogens is 2. The fraction of sp³-hybridized carbons (Fsp3) is 0.643. The number of amides is 1. The van der Waals surface area contributed by atoms with Gasteiger partial charge < -0.3 is 9.88 Å². The molecule has 0 radical (unpaired) electrons. The van der Waals surface area contributed by atoms with Crippen LogP contribution in [0.3, 0.4) is 0 Å². The van der Waals surface area contributed by atoms with E-state index < -0.39 is 11.2 Å². The van der Waals surface area contributed by atoms with Crippen molar-refractivity contribution in [1.29, 1.82) is 0 Å². The summed E-state index contributed by atoms with van der Waals surface area (Å²) in [5.41, 5.74) is -0.912. The Balaban J connectivity index is 2.28. The van der Waals surface area contributed by atoms with Crippen molar-refractivity contribution in [2.45, 2.75) is 46.1 Å². The summed E-state index contributed by atoms with van der Waals surface area (Å²) in [5.74, 6) is -0.268. The van der Waals surface area contributed by atoms with Crippen LogP contribution in [-0.4, -0.2) is 33.4 Å². The number of likely N-dealkylation sites (tertiary alicyclic amines) is 1. The van der Waals surface area contributed by atoms with Crippen molar-refractivity contribution in [2.75, 3.05) is 6.54 Å². The smallest absolute Gasteiger partial charge is 0.326 e. The molecule has 2 heterocycles. The van der Waals surface area contributed by atoms with Gasteiger partial charge in [-0.25, -0.2) is 4.79 Å². The minimum Gasteiger partial charge on any atom is -0.334 e. The first-order valence-corrected chi connectivity index (χ1v) is 6.97. The number of piperidine rings is 1. The van der Waals surface area contributed by atoms with Crippen molar-refractivity contribution < 1.29 is 4.79 Å². The van der Waals surface area contributed by atoms with Crippen LogP contribution in [0, 0.1) is 5.41 Å². The van der Waals surface area contributed by atoms with Crippen molar-refractivity contribution >= 4 is 5.91 Å². The van der Waals surface area contributed by atoms with Crippen molar-refractivity contribution in [3.63, 3.8) is 0 Å². The second-order valence-corrected chi connectivity index (χ2v) is 6.18. The highest BCUT2D eigenvalue weighted by Gasteiger charge is 2.35. The van der Waals surface area contributed by atoms with Crippen LogP contribution in [0.4, 0.5) is 0 Å². The maximum atomic E-state index is 12.5. The third kappa shape index (κ3) is 3.00. The normalized spacial score (nSPS) is 21.8. The Morgan fingerprint density at radius 1 is 1.40 bits per heavy atom. The van der Waals surface area contributed by atoms with Gasteiger partial charge in [-0.1, -0.05) is 20.8 Å². The molecule has 110 valence electrons. The fourth-order valence-corrected chi connectivity index (χ4v) is 2.83. The molecule has 1 fully saturated rings. The van der Waals surface area contributed by atoms with E-state index in [1.54, 1.807) is 4.90 Å². The van der Waals surface area contributed by atoms with Crippen molar-refractivity contribution in [3.05, 3.63) is 32.6 Å². The summed E-state index contributed by atoms with van der Waals surface area (Å²) in [6.45, 7) is 7.10. The molecule has 1 aromatic heterocycles. The zero-order valence-electron chi connectivity index (χ0n) is 12.2. The van der Waals surface area contributed by atoms with Gasteiger partial charge in [-0.05, 0) is 24.7 Å². The molecule has 0 aliphatic carbocycles. The summed E-state index contributed by atoms with van der Waals surface area (Å²) in [7, 11) is 0. The average Bonchev–Trinajstić information content (AvgIpc) is 2.35. The molecule has 1 atom stereocenters. The molecule has 6 heteroatoms. The van der Waals surface area contributed by atoms with Gasteiger partial charge in [-0.15, -0.1) is 0 Å². The van der Waals surface area contributed by atoms with Crippen LogP contribution in [-0.2, 0) is 0 Å². The Morgan fingerprint density at radius 2 is 2.10 bits per heavy atom. The number of carbonyl (C=O) groups excluding carboxylic acids is 1. The predicted molar refractivity (Wildman–Crippen MR) is 75.8 cm³/mol. The number of carbonyl (C=O) groups is 1. The first-order chi connectivity index (χ1) is 9.32. The molecule has 1 aromatic rings. The minimum atomic E-state index is -0.647. The molecule has 0 unspecified atom stereocenters. The number of H-pyrrole nitrogens is 2. The van der Waals surface area contributed by atoms with Gasteiger partial charge in [0.2, 0.25) is 0 Å². The number of nitrogens with one attached hydrogen (secondary N) is 2. The molecular weight excluding hydrogens is 258 g/mol. The molecule has 2 N–H and O–H groups in total. The molecule has 1 amide bonds. The lowest BCUT2D eigenvalue weighted by Crippen LogP contribution is -2.48. The van der Waals surface area contributed by atoms with Gasteiger partial charge >= 0.3 is 5.69 Å². The van der Waals surface area contributed by atoms with E-state index in [2.05, 4.69) is 23.8 Å². The number of aromatic amines is 2. The minimum absolute atomic E-state index is 0.0666. The third-order valence-electron chi connectivity index (χ3n) is 3.98. The molecule has 2 rings (SSSR count). The van der Waals surface area contributed by atoms with Crippen LogP contribution >= 0.6 is 0 Å². The molecular formula is C14H21N3O3. The monoisotopic (exact) mass is 279 g/mol. The molecule has 6 nitrogen and oxygen atoms in total. The predicted octanol–water partition coefficient (Wildman–Crippen LogP) is 1.10. The Labute approximate surface area is 117 Å².